The number of aromatic nitrogens is 4. The third-order valence-corrected chi connectivity index (χ3v) is 12.7. The number of aliphatic hydroxyl groups is 4. The van der Waals surface area contributed by atoms with Crippen LogP contribution in [0.25, 0.3) is 39.3 Å². The summed E-state index contributed by atoms with van der Waals surface area (Å²) < 4.78 is 10.2. The largest absolute Gasteiger partial charge is 0.469 e. The Morgan fingerprint density at radius 1 is 1.02 bits per heavy atom. The maximum atomic E-state index is 14.9. The third-order valence-electron chi connectivity index (χ3n) is 12.5. The van der Waals surface area contributed by atoms with Crippen LogP contribution >= 0.6 is 12.2 Å². The molecule has 0 radical (unpaired) electrons. The lowest BCUT2D eigenvalue weighted by atomic mass is 9.84. The van der Waals surface area contributed by atoms with Gasteiger partial charge in [-0.1, -0.05) is 26.5 Å². The summed E-state index contributed by atoms with van der Waals surface area (Å²) in [7, 11) is 1.34. The van der Waals surface area contributed by atoms with E-state index in [0.717, 1.165) is 44.7 Å². The van der Waals surface area contributed by atoms with Gasteiger partial charge in [0.1, 0.15) is 24.4 Å². The molecule has 61 heavy (non-hydrogen) atoms. The number of nitrogens with zero attached hydrogens (tertiary/aromatic N) is 3. The number of esters is 1. The first-order valence-corrected chi connectivity index (χ1v) is 20.9. The highest BCUT2D eigenvalue weighted by Gasteiger charge is 2.44. The second-order valence-electron chi connectivity index (χ2n) is 16.0. The van der Waals surface area contributed by atoms with Crippen molar-refractivity contribution >= 4 is 74.4 Å². The van der Waals surface area contributed by atoms with Crippen molar-refractivity contribution in [1.82, 2.24) is 35.5 Å². The van der Waals surface area contributed by atoms with Crippen molar-refractivity contribution in [2.45, 2.75) is 103 Å². The Labute approximate surface area is 358 Å². The second kappa shape index (κ2) is 17.6. The maximum Gasteiger partial charge on any atom is 0.305 e. The first kappa shape index (κ1) is 43.8. The van der Waals surface area contributed by atoms with Crippen LogP contribution in [0.15, 0.2) is 24.8 Å². The predicted molar refractivity (Wildman–Crippen MR) is 233 cm³/mol. The average Bonchev–Trinajstić information content (AvgIpc) is 3.92. The number of carbonyl (C=O) groups excluding carboxylic acids is 3. The summed E-state index contributed by atoms with van der Waals surface area (Å²) in [6.45, 7) is 13.7. The van der Waals surface area contributed by atoms with E-state index in [4.69, 9.17) is 31.7 Å². The fourth-order valence-electron chi connectivity index (χ4n) is 8.88. The van der Waals surface area contributed by atoms with Crippen molar-refractivity contribution in [2.24, 2.45) is 0 Å². The highest BCUT2D eigenvalue weighted by Crippen LogP contribution is 2.44. The molecule has 4 aliphatic heterocycles. The van der Waals surface area contributed by atoms with Crippen LogP contribution in [0.3, 0.4) is 0 Å². The quantitative estimate of drug-likeness (QED) is 0.0590. The molecular weight excluding hydrogens is 803 g/mol. The van der Waals surface area contributed by atoms with Crippen molar-refractivity contribution in [2.75, 3.05) is 26.8 Å². The number of thiocarbonyl (C=S) groups is 1. The number of imide groups is 1. The number of ether oxygens (including phenoxy) is 2. The van der Waals surface area contributed by atoms with Gasteiger partial charge in [0.15, 0.2) is 11.4 Å². The van der Waals surface area contributed by atoms with Gasteiger partial charge in [-0.15, -0.1) is 0 Å². The number of hydrogen-bond donors (Lipinski definition) is 8. The predicted octanol–water partition coefficient (Wildman–Crippen LogP) is 4.01. The van der Waals surface area contributed by atoms with Gasteiger partial charge in [-0.3, -0.25) is 24.3 Å². The molecule has 324 valence electrons. The van der Waals surface area contributed by atoms with E-state index in [9.17, 15) is 34.8 Å². The van der Waals surface area contributed by atoms with E-state index in [1.54, 1.807) is 0 Å². The number of methoxy groups -OCH3 is 1. The van der Waals surface area contributed by atoms with E-state index < -0.39 is 61.0 Å². The van der Waals surface area contributed by atoms with E-state index in [-0.39, 0.29) is 42.5 Å². The van der Waals surface area contributed by atoms with Gasteiger partial charge in [0.05, 0.1) is 47.4 Å². The van der Waals surface area contributed by atoms with Gasteiger partial charge in [0.25, 0.3) is 11.8 Å². The van der Waals surface area contributed by atoms with Gasteiger partial charge in [-0.2, -0.15) is 0 Å². The molecule has 5 unspecified atom stereocenters. The number of hydrogen-bond acceptors (Lipinski definition) is 12. The summed E-state index contributed by atoms with van der Waals surface area (Å²) in [4.78, 5) is 60.5. The number of amides is 2. The maximum absolute atomic E-state index is 14.9. The van der Waals surface area contributed by atoms with Gasteiger partial charge >= 0.3 is 5.97 Å². The van der Waals surface area contributed by atoms with Crippen LogP contribution in [-0.2, 0) is 14.3 Å². The molecule has 8 N–H and O–H groups in total. The minimum Gasteiger partial charge on any atom is -0.469 e. The normalized spacial score (nSPS) is 23.6. The van der Waals surface area contributed by atoms with Gasteiger partial charge in [-0.25, -0.2) is 4.98 Å². The number of nitrogens with one attached hydrogen (secondary N) is 4. The molecule has 2 amide bonds. The zero-order chi connectivity index (χ0) is 44.0. The highest BCUT2D eigenvalue weighted by atomic mass is 32.1. The Balaban J connectivity index is 1.32. The summed E-state index contributed by atoms with van der Waals surface area (Å²) in [5.41, 5.74) is 10.5. The number of H-pyrrole nitrogens is 2. The summed E-state index contributed by atoms with van der Waals surface area (Å²) in [6.07, 6.45) is -2.51. The van der Waals surface area contributed by atoms with E-state index in [1.807, 2.05) is 52.0 Å². The van der Waals surface area contributed by atoms with Crippen LogP contribution in [-0.4, -0.2) is 126 Å². The smallest absolute Gasteiger partial charge is 0.305 e. The van der Waals surface area contributed by atoms with E-state index in [1.165, 1.54) is 12.0 Å². The second-order valence-corrected chi connectivity index (χ2v) is 16.4. The van der Waals surface area contributed by atoms with Gasteiger partial charge in [0, 0.05) is 59.2 Å². The first-order valence-electron chi connectivity index (χ1n) is 20.5. The van der Waals surface area contributed by atoms with Crippen LogP contribution in [0.2, 0.25) is 0 Å². The summed E-state index contributed by atoms with van der Waals surface area (Å²) >= 11 is 5.39. The van der Waals surface area contributed by atoms with Crippen LogP contribution < -0.4 is 10.6 Å². The summed E-state index contributed by atoms with van der Waals surface area (Å²) in [5, 5.41) is 46.3. The molecule has 7 rings (SSSR count). The van der Waals surface area contributed by atoms with Crippen molar-refractivity contribution in [3.63, 3.8) is 0 Å². The Morgan fingerprint density at radius 2 is 1.72 bits per heavy atom. The topological polar surface area (TPSA) is 235 Å². The molecule has 0 aromatic carbocycles. The average molecular weight is 856 g/mol. The van der Waals surface area contributed by atoms with Crippen LogP contribution in [0.5, 0.6) is 0 Å². The zero-order valence-electron chi connectivity index (χ0n) is 35.1. The van der Waals surface area contributed by atoms with Crippen LogP contribution in [0.1, 0.15) is 118 Å². The van der Waals surface area contributed by atoms with E-state index in [2.05, 4.69) is 34.1 Å². The Kier molecular flexibility index (Phi) is 12.6. The molecule has 1 fully saturated rings. The summed E-state index contributed by atoms with van der Waals surface area (Å²) in [6, 6.07) is 4.73. The molecule has 7 heterocycles. The number of rotatable bonds is 11. The Hall–Kier alpha value is -5.30. The lowest BCUT2D eigenvalue weighted by Gasteiger charge is -2.40. The van der Waals surface area contributed by atoms with E-state index in [0.29, 0.717) is 46.4 Å². The Bertz CT molecular complexity index is 2510. The highest BCUT2D eigenvalue weighted by molar-refractivity contribution is 7.80. The standard InChI is InChI=1S/C44H53N7O9S/c1-8-23-19(3)26-15-28-21(5)25(11-12-33(53)59-7)36(48-28)35-37-34(22(6)29(49-37)17-31-24(9-2)20(4)27(47-31)16-30(23)46-26)41(56)51(42(35)57)14-10-13-45-44(61)50-38-40(55)39(54)32(18-52)60-43(38)58/h8,15-17,21,25,32,38-40,43,46,49,52,54-55,58H,1,9-14,18H2,2-7H3,(H2,45,50,61)/t21-,25-,32?,38?,39?,40?,43?/m0/s1. The molecule has 3 aromatic heterocycles. The molecule has 17 heteroatoms. The molecule has 7 atom stereocenters. The summed E-state index contributed by atoms with van der Waals surface area (Å²) in [5.74, 6) is -2.04. The first-order chi connectivity index (χ1) is 29.1. The SMILES string of the molecule is C=Cc1c(C)c2cc3nc(c4c5[nH]c(cc6nc(cc1[nH]2)C(C)=C6CC)c(C)c5C(=O)N(CCCNC(=S)NC1C(O)OC(CO)C(O)C1O)C4=O)[C@@H](CCC(=O)OC)[C@@H]3C. The molecule has 0 spiro atoms. The number of aromatic amines is 2. The third kappa shape index (κ3) is 7.90. The fourth-order valence-corrected chi connectivity index (χ4v) is 9.12. The molecule has 8 bridgehead atoms. The van der Waals surface area contributed by atoms with Crippen LogP contribution in [0.4, 0.5) is 0 Å². The minimum absolute atomic E-state index is 0.00944. The Morgan fingerprint density at radius 3 is 2.41 bits per heavy atom. The van der Waals surface area contributed by atoms with Crippen molar-refractivity contribution < 1.29 is 44.3 Å². The molecule has 16 nitrogen and oxygen atoms in total. The minimum atomic E-state index is -1.57. The monoisotopic (exact) mass is 855 g/mol. The molecule has 4 aliphatic rings. The number of aryl methyl sites for hydroxylation is 2. The lowest BCUT2D eigenvalue weighted by molar-refractivity contribution is -0.252. The number of aliphatic hydroxyl groups excluding tert-OH is 4. The molecule has 0 aliphatic carbocycles. The van der Waals surface area contributed by atoms with Crippen molar-refractivity contribution in [3.8, 4) is 0 Å². The van der Waals surface area contributed by atoms with E-state index >= 15 is 0 Å². The lowest BCUT2D eigenvalue weighted by Crippen LogP contribution is -2.65. The van der Waals surface area contributed by atoms with Crippen molar-refractivity contribution in [3.05, 3.63) is 75.4 Å². The van der Waals surface area contributed by atoms with Crippen molar-refractivity contribution in [1.29, 1.82) is 0 Å². The van der Waals surface area contributed by atoms with Gasteiger partial charge in [0.2, 0.25) is 0 Å². The van der Waals surface area contributed by atoms with Gasteiger partial charge < -0.3 is 50.5 Å². The number of carbonyl (C=O) groups is 3. The zero-order valence-corrected chi connectivity index (χ0v) is 35.9. The molecule has 3 aromatic rings. The molecule has 1 saturated heterocycles. The number of allylic oxidation sites excluding steroid dienone is 2. The number of fused-ring (bicyclic) bond motifs is 8. The van der Waals surface area contributed by atoms with Crippen LogP contribution in [0, 0.1) is 13.8 Å². The fraction of sp³-hybridized carbons (Fsp3) is 0.455. The van der Waals surface area contributed by atoms with Gasteiger partial charge in [-0.05, 0) is 92.7 Å². The molecular formula is C44H53N7O9S. The molecule has 0 saturated carbocycles.